The predicted molar refractivity (Wildman–Crippen MR) is 95.5 cm³/mol. The third-order valence-corrected chi connectivity index (χ3v) is 3.73. The number of esters is 2. The summed E-state index contributed by atoms with van der Waals surface area (Å²) in [7, 11) is 0. The summed E-state index contributed by atoms with van der Waals surface area (Å²) in [6, 6.07) is 7.58. The van der Waals surface area contributed by atoms with Crippen molar-refractivity contribution in [3.8, 4) is 0 Å². The zero-order valence-corrected chi connectivity index (χ0v) is 15.3. The van der Waals surface area contributed by atoms with Crippen LogP contribution in [0.4, 0.5) is 5.69 Å². The van der Waals surface area contributed by atoms with E-state index in [1.54, 1.807) is 32.6 Å². The first-order chi connectivity index (χ1) is 11.9. The van der Waals surface area contributed by atoms with Gasteiger partial charge in [-0.25, -0.2) is 9.59 Å². The molecule has 1 aromatic rings. The number of nitrogens with zero attached hydrogens (tertiary/aromatic N) is 1. The fraction of sp³-hybridized carbons (Fsp3) is 0.368. The molecule has 6 heteroatoms. The van der Waals surface area contributed by atoms with E-state index in [4.69, 9.17) is 9.47 Å². The van der Waals surface area contributed by atoms with Crippen molar-refractivity contribution < 1.29 is 19.1 Å². The average Bonchev–Trinajstić information content (AvgIpc) is 2.54. The lowest BCUT2D eigenvalue weighted by Crippen LogP contribution is -2.41. The number of hydrogen-bond donors (Lipinski definition) is 1. The van der Waals surface area contributed by atoms with E-state index >= 15 is 0 Å². The number of rotatable bonds is 5. The van der Waals surface area contributed by atoms with Gasteiger partial charge >= 0.3 is 11.9 Å². The van der Waals surface area contributed by atoms with E-state index in [2.05, 4.69) is 5.32 Å². The average molecular weight is 344 g/mol. The maximum atomic E-state index is 12.6. The van der Waals surface area contributed by atoms with Crippen LogP contribution in [0, 0.1) is 6.92 Å². The monoisotopic (exact) mass is 344 g/mol. The first-order valence-electron chi connectivity index (χ1n) is 8.30. The van der Waals surface area contributed by atoms with Crippen LogP contribution in [0.3, 0.4) is 0 Å². The third kappa shape index (κ3) is 3.84. The summed E-state index contributed by atoms with van der Waals surface area (Å²) < 4.78 is 10.4. The van der Waals surface area contributed by atoms with Gasteiger partial charge in [0.1, 0.15) is 0 Å². The summed E-state index contributed by atoms with van der Waals surface area (Å²) in [6.07, 6.45) is 0. The second-order valence-corrected chi connectivity index (χ2v) is 5.69. The number of benzene rings is 1. The van der Waals surface area contributed by atoms with E-state index in [0.29, 0.717) is 17.1 Å². The van der Waals surface area contributed by atoms with Gasteiger partial charge in [0.05, 0.1) is 13.2 Å². The normalized spacial score (nSPS) is 14.4. The fourth-order valence-corrected chi connectivity index (χ4v) is 2.76. The van der Waals surface area contributed by atoms with Crippen LogP contribution in [-0.2, 0) is 19.1 Å². The van der Waals surface area contributed by atoms with Crippen LogP contribution >= 0.6 is 0 Å². The van der Waals surface area contributed by atoms with Crippen LogP contribution in [0.15, 0.2) is 47.1 Å². The van der Waals surface area contributed by atoms with E-state index in [1.165, 1.54) is 0 Å². The lowest BCUT2D eigenvalue weighted by Gasteiger charge is -2.34. The second-order valence-electron chi connectivity index (χ2n) is 5.69. The Morgan fingerprint density at radius 1 is 0.960 bits per heavy atom. The molecule has 0 bridgehead atoms. The summed E-state index contributed by atoms with van der Waals surface area (Å²) >= 11 is 0. The van der Waals surface area contributed by atoms with Crippen LogP contribution in [0.5, 0.6) is 0 Å². The molecular formula is C19H24N2O4. The highest BCUT2D eigenvalue weighted by Crippen LogP contribution is 2.32. The lowest BCUT2D eigenvalue weighted by atomic mass is 10.1. The second kappa shape index (κ2) is 7.88. The summed E-state index contributed by atoms with van der Waals surface area (Å²) in [5.41, 5.74) is 3.50. The molecule has 1 aliphatic heterocycles. The van der Waals surface area contributed by atoms with Gasteiger partial charge in [0, 0.05) is 17.1 Å². The Bertz CT molecular complexity index is 710. The van der Waals surface area contributed by atoms with E-state index in [-0.39, 0.29) is 24.6 Å². The van der Waals surface area contributed by atoms with E-state index in [1.807, 2.05) is 31.2 Å². The number of aryl methyl sites for hydroxylation is 1. The van der Waals surface area contributed by atoms with Crippen molar-refractivity contribution in [2.75, 3.05) is 18.1 Å². The van der Waals surface area contributed by atoms with Crippen LogP contribution in [0.2, 0.25) is 0 Å². The van der Waals surface area contributed by atoms with Gasteiger partial charge in [0.25, 0.3) is 0 Å². The highest BCUT2D eigenvalue weighted by Gasteiger charge is 2.35. The number of ether oxygens (including phenoxy) is 2. The molecular weight excluding hydrogens is 320 g/mol. The Morgan fingerprint density at radius 3 is 1.92 bits per heavy atom. The van der Waals surface area contributed by atoms with Crippen LogP contribution < -0.4 is 10.2 Å². The zero-order valence-electron chi connectivity index (χ0n) is 15.3. The van der Waals surface area contributed by atoms with E-state index in [9.17, 15) is 9.59 Å². The number of anilines is 1. The van der Waals surface area contributed by atoms with Gasteiger partial charge in [-0.3, -0.25) is 4.90 Å². The van der Waals surface area contributed by atoms with Crippen LogP contribution in [0.25, 0.3) is 0 Å². The molecule has 0 atom stereocenters. The molecule has 1 heterocycles. The Hall–Kier alpha value is -2.76. The predicted octanol–water partition coefficient (Wildman–Crippen LogP) is 2.99. The van der Waals surface area contributed by atoms with Crippen molar-refractivity contribution in [3.05, 3.63) is 52.6 Å². The Labute approximate surface area is 148 Å². The molecule has 0 amide bonds. The van der Waals surface area contributed by atoms with Gasteiger partial charge in [-0.1, -0.05) is 12.1 Å². The summed E-state index contributed by atoms with van der Waals surface area (Å²) in [6.45, 7) is 9.49. The molecule has 0 fully saturated rings. The topological polar surface area (TPSA) is 67.9 Å². The third-order valence-electron chi connectivity index (χ3n) is 3.73. The van der Waals surface area contributed by atoms with Gasteiger partial charge in [0.15, 0.2) is 11.4 Å². The minimum atomic E-state index is -0.497. The molecule has 0 aliphatic carbocycles. The molecule has 0 saturated heterocycles. The highest BCUT2D eigenvalue weighted by molar-refractivity contribution is 6.03. The number of hydrogen-bond acceptors (Lipinski definition) is 6. The maximum absolute atomic E-state index is 12.6. The number of nitrogens with one attached hydrogen (secondary N) is 1. The van der Waals surface area contributed by atoms with Crippen molar-refractivity contribution in [1.82, 2.24) is 5.32 Å². The summed E-state index contributed by atoms with van der Waals surface area (Å²) in [5, 5.41) is 3.09. The van der Waals surface area contributed by atoms with Crippen LogP contribution in [-0.4, -0.2) is 25.2 Å². The van der Waals surface area contributed by atoms with Crippen molar-refractivity contribution >= 4 is 17.6 Å². The van der Waals surface area contributed by atoms with Gasteiger partial charge < -0.3 is 14.8 Å². The molecule has 134 valence electrons. The Kier molecular flexibility index (Phi) is 5.85. The first-order valence-corrected chi connectivity index (χ1v) is 8.30. The van der Waals surface area contributed by atoms with Gasteiger partial charge in [-0.2, -0.15) is 0 Å². The summed E-state index contributed by atoms with van der Waals surface area (Å²) in [4.78, 5) is 26.8. The van der Waals surface area contributed by atoms with Crippen molar-refractivity contribution in [2.45, 2.75) is 34.6 Å². The lowest BCUT2D eigenvalue weighted by molar-refractivity contribution is -0.139. The van der Waals surface area contributed by atoms with Crippen molar-refractivity contribution in [1.29, 1.82) is 0 Å². The number of carbonyl (C=O) groups excluding carboxylic acids is 2. The minimum Gasteiger partial charge on any atom is -0.461 e. The quantitative estimate of drug-likeness (QED) is 0.828. The van der Waals surface area contributed by atoms with Crippen LogP contribution in [0.1, 0.15) is 33.3 Å². The van der Waals surface area contributed by atoms with Crippen molar-refractivity contribution in [3.63, 3.8) is 0 Å². The molecule has 0 spiro atoms. The SMILES string of the molecule is CCOC(=O)C1=C(C)NC(C)=C(C(=O)OCC)N1c1cccc(C)c1. The van der Waals surface area contributed by atoms with E-state index < -0.39 is 11.9 Å². The molecule has 1 aromatic carbocycles. The zero-order chi connectivity index (χ0) is 18.6. The number of allylic oxidation sites excluding steroid dienone is 2. The molecule has 0 aromatic heterocycles. The largest absolute Gasteiger partial charge is 0.461 e. The minimum absolute atomic E-state index is 0.245. The number of carbonyl (C=O) groups is 2. The van der Waals surface area contributed by atoms with Gasteiger partial charge in [-0.05, 0) is 52.3 Å². The van der Waals surface area contributed by atoms with E-state index in [0.717, 1.165) is 5.56 Å². The molecule has 25 heavy (non-hydrogen) atoms. The van der Waals surface area contributed by atoms with Gasteiger partial charge in [-0.15, -0.1) is 0 Å². The maximum Gasteiger partial charge on any atom is 0.357 e. The Balaban J connectivity index is 2.64. The molecule has 0 radical (unpaired) electrons. The fourth-order valence-electron chi connectivity index (χ4n) is 2.76. The Morgan fingerprint density at radius 2 is 1.48 bits per heavy atom. The first kappa shape index (κ1) is 18.6. The van der Waals surface area contributed by atoms with Gasteiger partial charge in [0.2, 0.25) is 0 Å². The smallest absolute Gasteiger partial charge is 0.357 e. The molecule has 0 saturated carbocycles. The standard InChI is InChI=1S/C19H24N2O4/c1-6-24-18(22)16-13(4)20-14(5)17(19(23)25-7-2)21(16)15-10-8-9-12(3)11-15/h8-11,20H,6-7H2,1-5H3. The molecule has 1 aliphatic rings. The highest BCUT2D eigenvalue weighted by atomic mass is 16.5. The molecule has 6 nitrogen and oxygen atoms in total. The van der Waals surface area contributed by atoms with Crippen molar-refractivity contribution in [2.24, 2.45) is 0 Å². The molecule has 2 rings (SSSR count). The molecule has 0 unspecified atom stereocenters. The summed E-state index contributed by atoms with van der Waals surface area (Å²) in [5.74, 6) is -0.994. The molecule has 1 N–H and O–H groups in total.